The Morgan fingerprint density at radius 2 is 1.03 bits per heavy atom. The lowest BCUT2D eigenvalue weighted by molar-refractivity contribution is 0.476. The predicted molar refractivity (Wildman–Crippen MR) is 119 cm³/mol. The fourth-order valence-corrected chi connectivity index (χ4v) is 3.94. The van der Waals surface area contributed by atoms with E-state index in [-0.39, 0.29) is 15.5 Å². The van der Waals surface area contributed by atoms with Gasteiger partial charge in [0, 0.05) is 12.7 Å². The molecule has 4 rings (SSSR count). The van der Waals surface area contributed by atoms with Gasteiger partial charge in [0.25, 0.3) is 20.2 Å². The summed E-state index contributed by atoms with van der Waals surface area (Å²) >= 11 is 0. The van der Waals surface area contributed by atoms with Crippen molar-refractivity contribution in [2.45, 2.75) is 9.79 Å². The molecule has 4 aromatic rings. The fraction of sp³-hybridized carbons (Fsp3) is 0.0476. The molecule has 0 aliphatic carbocycles. The number of hydrogen-bond donors (Lipinski definition) is 4. The highest BCUT2D eigenvalue weighted by molar-refractivity contribution is 7.86. The van der Waals surface area contributed by atoms with E-state index < -0.39 is 20.2 Å². The van der Waals surface area contributed by atoms with Gasteiger partial charge in [0.15, 0.2) is 0 Å². The number of nitrogens with one attached hydrogen (secondary N) is 1. The monoisotopic (exact) mass is 461 g/mol. The van der Waals surface area contributed by atoms with Crippen molar-refractivity contribution in [3.05, 3.63) is 72.8 Å². The van der Waals surface area contributed by atoms with Crippen LogP contribution in [0.4, 0.5) is 5.69 Å². The zero-order chi connectivity index (χ0) is 22.8. The van der Waals surface area contributed by atoms with Crippen LogP contribution in [-0.2, 0) is 20.2 Å². The largest absolute Gasteiger partial charge is 0.508 e. The van der Waals surface area contributed by atoms with Crippen molar-refractivity contribution in [3.63, 3.8) is 0 Å². The first kappa shape index (κ1) is 22.5. The highest BCUT2D eigenvalue weighted by Gasteiger charge is 2.10. The fourth-order valence-electron chi connectivity index (χ4n) is 2.91. The second-order valence-corrected chi connectivity index (χ2v) is 9.46. The normalized spacial score (nSPS) is 11.7. The van der Waals surface area contributed by atoms with E-state index in [0.29, 0.717) is 10.8 Å². The van der Waals surface area contributed by atoms with Gasteiger partial charge in [-0.1, -0.05) is 24.3 Å². The molecule has 4 aromatic carbocycles. The summed E-state index contributed by atoms with van der Waals surface area (Å²) in [6.07, 6.45) is 0. The van der Waals surface area contributed by atoms with E-state index >= 15 is 0 Å². The smallest absolute Gasteiger partial charge is 0.294 e. The highest BCUT2D eigenvalue weighted by atomic mass is 32.2. The number of fused-ring (bicyclic) bond motifs is 2. The molecule has 0 radical (unpaired) electrons. The molecule has 0 atom stereocenters. The van der Waals surface area contributed by atoms with Gasteiger partial charge in [0.1, 0.15) is 5.75 Å². The summed E-state index contributed by atoms with van der Waals surface area (Å²) in [4.78, 5) is -0.238. The number of aromatic hydroxyl groups is 1. The molecule has 0 heterocycles. The first-order chi connectivity index (χ1) is 14.5. The lowest BCUT2D eigenvalue weighted by atomic mass is 10.1. The summed E-state index contributed by atoms with van der Waals surface area (Å²) < 4.78 is 61.3. The van der Waals surface area contributed by atoms with Crippen LogP contribution in [-0.4, -0.2) is 38.1 Å². The van der Waals surface area contributed by atoms with Gasteiger partial charge >= 0.3 is 0 Å². The SMILES string of the molecule is CNc1ccc2cc(S(=O)(=O)O)ccc2c1.O=S(=O)(O)c1ccc2cc(O)ccc2c1. The Morgan fingerprint density at radius 1 is 0.613 bits per heavy atom. The van der Waals surface area contributed by atoms with Crippen molar-refractivity contribution < 1.29 is 31.0 Å². The van der Waals surface area contributed by atoms with Gasteiger partial charge in [-0.15, -0.1) is 0 Å². The second-order valence-electron chi connectivity index (χ2n) is 6.62. The summed E-state index contributed by atoms with van der Waals surface area (Å²) in [5, 5.41) is 15.2. The average molecular weight is 462 g/mol. The predicted octanol–water partition coefficient (Wildman–Crippen LogP) is 3.92. The zero-order valence-electron chi connectivity index (χ0n) is 16.2. The topological polar surface area (TPSA) is 141 Å². The van der Waals surface area contributed by atoms with Crippen LogP contribution in [0.15, 0.2) is 82.6 Å². The minimum atomic E-state index is -4.17. The first-order valence-corrected chi connectivity index (χ1v) is 11.7. The van der Waals surface area contributed by atoms with Crippen molar-refractivity contribution in [1.29, 1.82) is 0 Å². The van der Waals surface area contributed by atoms with Crippen LogP contribution in [0.3, 0.4) is 0 Å². The third-order valence-corrected chi connectivity index (χ3v) is 6.19. The Hall–Kier alpha value is -3.18. The van der Waals surface area contributed by atoms with E-state index in [4.69, 9.17) is 9.11 Å². The molecular formula is C21H19NO7S2. The van der Waals surface area contributed by atoms with Crippen molar-refractivity contribution in [2.75, 3.05) is 12.4 Å². The first-order valence-electron chi connectivity index (χ1n) is 8.87. The molecule has 10 heteroatoms. The summed E-state index contributed by atoms with van der Waals surface area (Å²) in [7, 11) is -6.48. The molecule has 0 bridgehead atoms. The van der Waals surface area contributed by atoms with Gasteiger partial charge < -0.3 is 10.4 Å². The van der Waals surface area contributed by atoms with Crippen molar-refractivity contribution in [2.24, 2.45) is 0 Å². The zero-order valence-corrected chi connectivity index (χ0v) is 17.9. The molecule has 0 fully saturated rings. The molecule has 162 valence electrons. The third-order valence-electron chi connectivity index (χ3n) is 4.49. The van der Waals surface area contributed by atoms with E-state index in [9.17, 15) is 21.9 Å². The van der Waals surface area contributed by atoms with Crippen LogP contribution in [0.2, 0.25) is 0 Å². The summed E-state index contributed by atoms with van der Waals surface area (Å²) in [6, 6.07) is 18.8. The summed E-state index contributed by atoms with van der Waals surface area (Å²) in [5.74, 6) is 0.113. The maximum Gasteiger partial charge on any atom is 0.294 e. The summed E-state index contributed by atoms with van der Waals surface area (Å²) in [6.45, 7) is 0. The quantitative estimate of drug-likeness (QED) is 0.337. The highest BCUT2D eigenvalue weighted by Crippen LogP contribution is 2.23. The molecular weight excluding hydrogens is 442 g/mol. The van der Waals surface area contributed by atoms with Gasteiger partial charge in [-0.05, 0) is 70.1 Å². The van der Waals surface area contributed by atoms with Crippen molar-refractivity contribution in [3.8, 4) is 5.75 Å². The molecule has 0 aliphatic rings. The number of phenolic OH excluding ortho intramolecular Hbond substituents is 1. The number of hydrogen-bond acceptors (Lipinski definition) is 6. The van der Waals surface area contributed by atoms with Crippen LogP contribution < -0.4 is 5.32 Å². The van der Waals surface area contributed by atoms with Gasteiger partial charge in [-0.3, -0.25) is 9.11 Å². The standard InChI is InChI=1S/C11H11NO3S.C10H8O4S/c1-12-10-4-2-9-7-11(16(13,14)15)5-3-8(9)6-10;11-9-3-1-8-6-10(15(12,13)14)4-2-7(8)5-9/h2-7,12H,1H3,(H,13,14,15);1-6,11H,(H,12,13,14). The minimum Gasteiger partial charge on any atom is -0.508 e. The Kier molecular flexibility index (Phi) is 6.18. The Balaban J connectivity index is 0.000000176. The maximum atomic E-state index is 10.9. The Bertz CT molecular complexity index is 1480. The van der Waals surface area contributed by atoms with E-state index in [1.54, 1.807) is 18.2 Å². The van der Waals surface area contributed by atoms with Gasteiger partial charge in [-0.2, -0.15) is 16.8 Å². The molecule has 0 aliphatic heterocycles. The number of phenols is 1. The van der Waals surface area contributed by atoms with E-state index in [1.807, 2.05) is 19.2 Å². The van der Waals surface area contributed by atoms with Crippen LogP contribution in [0, 0.1) is 0 Å². The molecule has 8 nitrogen and oxygen atoms in total. The number of anilines is 1. The van der Waals surface area contributed by atoms with Gasteiger partial charge in [-0.25, -0.2) is 0 Å². The van der Waals surface area contributed by atoms with Gasteiger partial charge in [0.2, 0.25) is 0 Å². The third kappa shape index (κ3) is 5.50. The Labute approximate surface area is 179 Å². The van der Waals surface area contributed by atoms with Crippen LogP contribution in [0.1, 0.15) is 0 Å². The second kappa shape index (κ2) is 8.52. The van der Waals surface area contributed by atoms with E-state index in [1.165, 1.54) is 42.5 Å². The molecule has 0 unspecified atom stereocenters. The van der Waals surface area contributed by atoms with E-state index in [0.717, 1.165) is 16.5 Å². The molecule has 0 saturated carbocycles. The number of benzene rings is 4. The van der Waals surface area contributed by atoms with Gasteiger partial charge in [0.05, 0.1) is 9.79 Å². The molecule has 0 amide bonds. The minimum absolute atomic E-state index is 0.0859. The molecule has 31 heavy (non-hydrogen) atoms. The lowest BCUT2D eigenvalue weighted by Gasteiger charge is -2.04. The van der Waals surface area contributed by atoms with Crippen molar-refractivity contribution in [1.82, 2.24) is 0 Å². The molecule has 0 aromatic heterocycles. The van der Waals surface area contributed by atoms with E-state index in [2.05, 4.69) is 5.32 Å². The summed E-state index contributed by atoms with van der Waals surface area (Å²) in [5.41, 5.74) is 0.951. The average Bonchev–Trinajstić information content (AvgIpc) is 2.71. The van der Waals surface area contributed by atoms with Crippen LogP contribution >= 0.6 is 0 Å². The Morgan fingerprint density at radius 3 is 1.52 bits per heavy atom. The lowest BCUT2D eigenvalue weighted by Crippen LogP contribution is -1.97. The molecule has 0 saturated heterocycles. The van der Waals surface area contributed by atoms with Crippen LogP contribution in [0.25, 0.3) is 21.5 Å². The van der Waals surface area contributed by atoms with Crippen LogP contribution in [0.5, 0.6) is 5.75 Å². The van der Waals surface area contributed by atoms with Crippen molar-refractivity contribution >= 4 is 47.5 Å². The number of rotatable bonds is 3. The molecule has 4 N–H and O–H groups in total. The molecule has 0 spiro atoms. The maximum absolute atomic E-state index is 10.9.